The summed E-state index contributed by atoms with van der Waals surface area (Å²) in [6.45, 7) is 2.88. The Labute approximate surface area is 150 Å². The summed E-state index contributed by atoms with van der Waals surface area (Å²) in [7, 11) is -6.72. The van der Waals surface area contributed by atoms with Crippen molar-refractivity contribution in [1.29, 1.82) is 0 Å². The second kappa shape index (κ2) is 7.34. The fourth-order valence-corrected chi connectivity index (χ4v) is 7.30. The number of hydrogen-bond donors (Lipinski definition) is 0. The second-order valence-corrected chi connectivity index (χ2v) is 11.1. The van der Waals surface area contributed by atoms with Crippen LogP contribution in [0.5, 0.6) is 0 Å². The van der Waals surface area contributed by atoms with Crippen molar-refractivity contribution in [2.45, 2.75) is 43.6 Å². The van der Waals surface area contributed by atoms with Crippen LogP contribution < -0.4 is 0 Å². The minimum atomic E-state index is -3.43. The van der Waals surface area contributed by atoms with E-state index in [1.54, 1.807) is 0 Å². The summed E-state index contributed by atoms with van der Waals surface area (Å²) in [5.41, 5.74) is 1.75. The quantitative estimate of drug-likeness (QED) is 0.772. The largest absolute Gasteiger partial charge is 0.218 e. The van der Waals surface area contributed by atoms with E-state index in [0.29, 0.717) is 0 Å². The lowest BCUT2D eigenvalue weighted by Crippen LogP contribution is -2.52. The molecule has 0 bridgehead atoms. The zero-order valence-electron chi connectivity index (χ0n) is 14.6. The van der Waals surface area contributed by atoms with Gasteiger partial charge in [-0.25, -0.2) is 16.8 Å². The highest BCUT2D eigenvalue weighted by Crippen LogP contribution is 2.28. The lowest BCUT2D eigenvalue weighted by atomic mass is 10.1. The van der Waals surface area contributed by atoms with Gasteiger partial charge in [-0.15, -0.1) is 0 Å². The fraction of sp³-hybridized carbons (Fsp3) is 0.647. The average Bonchev–Trinajstić information content (AvgIpc) is 3.12. The Bertz CT molecular complexity index is 807. The van der Waals surface area contributed by atoms with E-state index < -0.39 is 20.0 Å². The fourth-order valence-electron chi connectivity index (χ4n) is 3.66. The van der Waals surface area contributed by atoms with Gasteiger partial charge in [0, 0.05) is 26.2 Å². The number of hydrogen-bond acceptors (Lipinski definition) is 4. The molecule has 1 aromatic carbocycles. The van der Waals surface area contributed by atoms with Crippen molar-refractivity contribution in [3.63, 3.8) is 0 Å². The number of nitrogens with zero attached hydrogens (tertiary/aromatic N) is 2. The molecule has 0 N–H and O–H groups in total. The van der Waals surface area contributed by atoms with Crippen molar-refractivity contribution in [3.8, 4) is 0 Å². The summed E-state index contributed by atoms with van der Waals surface area (Å²) < 4.78 is 53.6. The molecule has 0 radical (unpaired) electrons. The minimum Gasteiger partial charge on any atom is -0.212 e. The third kappa shape index (κ3) is 4.07. The molecule has 1 aliphatic carbocycles. The second-order valence-electron chi connectivity index (χ2n) is 6.93. The van der Waals surface area contributed by atoms with Gasteiger partial charge < -0.3 is 0 Å². The van der Waals surface area contributed by atoms with Crippen LogP contribution in [-0.4, -0.2) is 56.9 Å². The molecule has 25 heavy (non-hydrogen) atoms. The first-order valence-corrected chi connectivity index (χ1v) is 11.9. The van der Waals surface area contributed by atoms with Crippen molar-refractivity contribution >= 4 is 20.0 Å². The molecule has 3 rings (SSSR count). The van der Waals surface area contributed by atoms with Crippen molar-refractivity contribution < 1.29 is 16.8 Å². The Morgan fingerprint density at radius 2 is 1.48 bits per heavy atom. The van der Waals surface area contributed by atoms with E-state index in [9.17, 15) is 16.8 Å². The Morgan fingerprint density at radius 1 is 0.920 bits per heavy atom. The first kappa shape index (κ1) is 18.8. The molecule has 0 aromatic heterocycles. The topological polar surface area (TPSA) is 74.8 Å². The van der Waals surface area contributed by atoms with Gasteiger partial charge in [0.05, 0.1) is 11.0 Å². The maximum Gasteiger partial charge on any atom is 0.218 e. The van der Waals surface area contributed by atoms with Crippen molar-refractivity contribution in [2.75, 3.05) is 26.2 Å². The average molecular weight is 387 g/mol. The molecule has 0 unspecified atom stereocenters. The molecule has 1 heterocycles. The standard InChI is InChI=1S/C17H26N2O4S2/c1-15-6-2-3-7-16(15)14-24(20,21)18-10-12-19(13-11-18)25(22,23)17-8-4-5-9-17/h2-3,6-7,17H,4-5,8-14H2,1H3. The van der Waals surface area contributed by atoms with E-state index in [-0.39, 0.29) is 37.2 Å². The summed E-state index contributed by atoms with van der Waals surface area (Å²) >= 11 is 0. The maximum atomic E-state index is 12.7. The van der Waals surface area contributed by atoms with Crippen molar-refractivity contribution in [1.82, 2.24) is 8.61 Å². The molecule has 2 aliphatic rings. The van der Waals surface area contributed by atoms with E-state index in [2.05, 4.69) is 0 Å². The van der Waals surface area contributed by atoms with Gasteiger partial charge in [0.15, 0.2) is 0 Å². The smallest absolute Gasteiger partial charge is 0.212 e. The van der Waals surface area contributed by atoms with Crippen LogP contribution in [0.15, 0.2) is 24.3 Å². The van der Waals surface area contributed by atoms with Crippen LogP contribution in [0, 0.1) is 6.92 Å². The van der Waals surface area contributed by atoms with Crippen LogP contribution in [-0.2, 0) is 25.8 Å². The van der Waals surface area contributed by atoms with E-state index in [1.807, 2.05) is 31.2 Å². The van der Waals surface area contributed by atoms with Crippen LogP contribution in [0.2, 0.25) is 0 Å². The molecule has 140 valence electrons. The zero-order valence-corrected chi connectivity index (χ0v) is 16.2. The Balaban J connectivity index is 1.64. The highest BCUT2D eigenvalue weighted by molar-refractivity contribution is 7.89. The molecule has 2 fully saturated rings. The number of sulfonamides is 2. The highest BCUT2D eigenvalue weighted by Gasteiger charge is 2.37. The van der Waals surface area contributed by atoms with Crippen molar-refractivity contribution in [3.05, 3.63) is 35.4 Å². The predicted molar refractivity (Wildman–Crippen MR) is 98.1 cm³/mol. The Kier molecular flexibility index (Phi) is 5.53. The summed E-state index contributed by atoms with van der Waals surface area (Å²) in [5, 5.41) is -0.275. The Hall–Kier alpha value is -0.960. The molecule has 0 atom stereocenters. The van der Waals surface area contributed by atoms with Crippen molar-refractivity contribution in [2.24, 2.45) is 0 Å². The predicted octanol–water partition coefficient (Wildman–Crippen LogP) is 1.71. The summed E-state index contributed by atoms with van der Waals surface area (Å²) in [4.78, 5) is 0. The van der Waals surface area contributed by atoms with Gasteiger partial charge in [-0.05, 0) is 30.9 Å². The molecule has 6 nitrogen and oxygen atoms in total. The van der Waals surface area contributed by atoms with Crippen LogP contribution in [0.3, 0.4) is 0 Å². The molecular formula is C17H26N2O4S2. The molecule has 1 aliphatic heterocycles. The number of benzene rings is 1. The van der Waals surface area contributed by atoms with Crippen LogP contribution in [0.1, 0.15) is 36.8 Å². The van der Waals surface area contributed by atoms with E-state index >= 15 is 0 Å². The minimum absolute atomic E-state index is 0.0327. The summed E-state index contributed by atoms with van der Waals surface area (Å²) in [6, 6.07) is 7.45. The lowest BCUT2D eigenvalue weighted by Gasteiger charge is -2.34. The zero-order chi connectivity index (χ0) is 18.1. The van der Waals surface area contributed by atoms with Crippen LogP contribution in [0.4, 0.5) is 0 Å². The molecule has 0 amide bonds. The maximum absolute atomic E-state index is 12.7. The molecule has 0 spiro atoms. The monoisotopic (exact) mass is 386 g/mol. The Morgan fingerprint density at radius 3 is 2.08 bits per heavy atom. The van der Waals surface area contributed by atoms with Gasteiger partial charge in [0.2, 0.25) is 20.0 Å². The van der Waals surface area contributed by atoms with Crippen LogP contribution in [0.25, 0.3) is 0 Å². The molecule has 8 heteroatoms. The van der Waals surface area contributed by atoms with Crippen LogP contribution >= 0.6 is 0 Å². The van der Waals surface area contributed by atoms with Gasteiger partial charge in [-0.1, -0.05) is 37.1 Å². The summed E-state index contributed by atoms with van der Waals surface area (Å²) in [6.07, 6.45) is 3.39. The first-order valence-electron chi connectivity index (χ1n) is 8.82. The third-order valence-corrected chi connectivity index (χ3v) is 9.50. The van der Waals surface area contributed by atoms with E-state index in [1.165, 1.54) is 8.61 Å². The van der Waals surface area contributed by atoms with Gasteiger partial charge in [-0.2, -0.15) is 8.61 Å². The SMILES string of the molecule is Cc1ccccc1CS(=O)(=O)N1CCN(S(=O)(=O)C2CCCC2)CC1. The van der Waals surface area contributed by atoms with E-state index in [4.69, 9.17) is 0 Å². The summed E-state index contributed by atoms with van der Waals surface area (Å²) in [5.74, 6) is -0.0327. The normalized spacial score (nSPS) is 21.6. The highest BCUT2D eigenvalue weighted by atomic mass is 32.2. The first-order chi connectivity index (χ1) is 11.8. The molecular weight excluding hydrogens is 360 g/mol. The molecule has 1 saturated heterocycles. The van der Waals surface area contributed by atoms with Gasteiger partial charge in [0.25, 0.3) is 0 Å². The third-order valence-electron chi connectivity index (χ3n) is 5.27. The van der Waals surface area contributed by atoms with Gasteiger partial charge in [-0.3, -0.25) is 0 Å². The lowest BCUT2D eigenvalue weighted by molar-refractivity contribution is 0.270. The molecule has 1 aromatic rings. The number of aryl methyl sites for hydroxylation is 1. The van der Waals surface area contributed by atoms with Gasteiger partial charge >= 0.3 is 0 Å². The number of rotatable bonds is 5. The van der Waals surface area contributed by atoms with E-state index in [0.717, 1.165) is 36.8 Å². The number of piperazine rings is 1. The molecule has 1 saturated carbocycles. The van der Waals surface area contributed by atoms with Gasteiger partial charge in [0.1, 0.15) is 0 Å².